The van der Waals surface area contributed by atoms with Crippen LogP contribution >= 0.6 is 12.4 Å². The molecule has 1 heterocycles. The van der Waals surface area contributed by atoms with Gasteiger partial charge < -0.3 is 15.0 Å². The van der Waals surface area contributed by atoms with E-state index in [2.05, 4.69) is 12.2 Å². The molecule has 0 unspecified atom stereocenters. The molecule has 0 aromatic heterocycles. The van der Waals surface area contributed by atoms with E-state index in [1.54, 1.807) is 0 Å². The number of ether oxygens (including phenoxy) is 1. The molecule has 1 N–H and O–H groups in total. The van der Waals surface area contributed by atoms with Gasteiger partial charge in [-0.25, -0.2) is 0 Å². The Labute approximate surface area is 141 Å². The third-order valence-electron chi connectivity index (χ3n) is 4.96. The van der Waals surface area contributed by atoms with Crippen LogP contribution in [0.1, 0.15) is 58.3 Å². The first-order valence-corrected chi connectivity index (χ1v) is 8.77. The number of nitrogens with one attached hydrogen (secondary N) is 1. The fourth-order valence-corrected chi connectivity index (χ4v) is 3.45. The molecule has 130 valence electrons. The first-order chi connectivity index (χ1) is 10.2. The molecule has 5 heteroatoms. The van der Waals surface area contributed by atoms with E-state index in [4.69, 9.17) is 4.74 Å². The van der Waals surface area contributed by atoms with Crippen LogP contribution in [0.2, 0.25) is 0 Å². The van der Waals surface area contributed by atoms with Crippen LogP contribution in [0.4, 0.5) is 0 Å². The SMILES string of the molecule is CNCCCC(=O)N1CCC(OC2CCC(C)CC2)CC1.Cl. The lowest BCUT2D eigenvalue weighted by molar-refractivity contribution is -0.135. The van der Waals surface area contributed by atoms with Gasteiger partial charge >= 0.3 is 0 Å². The molecule has 0 bridgehead atoms. The van der Waals surface area contributed by atoms with Gasteiger partial charge in [0.2, 0.25) is 5.91 Å². The molecule has 1 aliphatic carbocycles. The lowest BCUT2D eigenvalue weighted by Gasteiger charge is -2.35. The summed E-state index contributed by atoms with van der Waals surface area (Å²) in [5.41, 5.74) is 0. The average Bonchev–Trinajstić information content (AvgIpc) is 2.50. The highest BCUT2D eigenvalue weighted by Gasteiger charge is 2.26. The molecule has 0 atom stereocenters. The van der Waals surface area contributed by atoms with Crippen LogP contribution in [0.5, 0.6) is 0 Å². The highest BCUT2D eigenvalue weighted by molar-refractivity contribution is 5.85. The molecule has 22 heavy (non-hydrogen) atoms. The molecule has 1 saturated carbocycles. The Morgan fingerprint density at radius 1 is 1.09 bits per heavy atom. The molecular formula is C17H33ClN2O2. The van der Waals surface area contributed by atoms with Crippen LogP contribution in [0.3, 0.4) is 0 Å². The molecular weight excluding hydrogens is 300 g/mol. The molecule has 0 aromatic rings. The smallest absolute Gasteiger partial charge is 0.222 e. The van der Waals surface area contributed by atoms with Crippen LogP contribution in [0.15, 0.2) is 0 Å². The Kier molecular flexibility index (Phi) is 9.37. The zero-order chi connectivity index (χ0) is 15.1. The van der Waals surface area contributed by atoms with Crippen molar-refractivity contribution in [2.45, 2.75) is 70.5 Å². The quantitative estimate of drug-likeness (QED) is 0.760. The summed E-state index contributed by atoms with van der Waals surface area (Å²) in [5.74, 6) is 1.19. The van der Waals surface area contributed by atoms with E-state index in [-0.39, 0.29) is 12.4 Å². The van der Waals surface area contributed by atoms with E-state index < -0.39 is 0 Å². The van der Waals surface area contributed by atoms with Gasteiger partial charge in [0.1, 0.15) is 0 Å². The predicted octanol–water partition coefficient (Wildman–Crippen LogP) is 2.99. The van der Waals surface area contributed by atoms with E-state index in [1.807, 2.05) is 11.9 Å². The number of hydrogen-bond acceptors (Lipinski definition) is 3. The second kappa shape index (κ2) is 10.5. The van der Waals surface area contributed by atoms with Crippen molar-refractivity contribution in [3.05, 3.63) is 0 Å². The Morgan fingerprint density at radius 3 is 2.27 bits per heavy atom. The van der Waals surface area contributed by atoms with Crippen molar-refractivity contribution >= 4 is 18.3 Å². The summed E-state index contributed by atoms with van der Waals surface area (Å²) in [7, 11) is 1.93. The largest absolute Gasteiger partial charge is 0.375 e. The Morgan fingerprint density at radius 2 is 1.68 bits per heavy atom. The number of hydrogen-bond donors (Lipinski definition) is 1. The number of carbonyl (C=O) groups excluding carboxylic acids is 1. The zero-order valence-corrected chi connectivity index (χ0v) is 15.0. The minimum Gasteiger partial charge on any atom is -0.375 e. The second-order valence-corrected chi connectivity index (χ2v) is 6.81. The van der Waals surface area contributed by atoms with E-state index in [0.29, 0.717) is 24.5 Å². The third-order valence-corrected chi connectivity index (χ3v) is 4.96. The summed E-state index contributed by atoms with van der Waals surface area (Å²) >= 11 is 0. The molecule has 2 rings (SSSR count). The number of halogens is 1. The van der Waals surface area contributed by atoms with E-state index in [0.717, 1.165) is 44.8 Å². The summed E-state index contributed by atoms with van der Waals surface area (Å²) < 4.78 is 6.26. The fourth-order valence-electron chi connectivity index (χ4n) is 3.45. The Hall–Kier alpha value is -0.320. The number of piperidine rings is 1. The van der Waals surface area contributed by atoms with Gasteiger partial charge in [0, 0.05) is 19.5 Å². The molecule has 0 radical (unpaired) electrons. The standard InChI is InChI=1S/C17H32N2O2.ClH/c1-14-5-7-15(8-6-14)21-16-9-12-19(13-10-16)17(20)4-3-11-18-2;/h14-16,18H,3-13H2,1-2H3;1H. The summed E-state index contributed by atoms with van der Waals surface area (Å²) in [6.45, 7) is 5.03. The van der Waals surface area contributed by atoms with Crippen LogP contribution < -0.4 is 5.32 Å². The van der Waals surface area contributed by atoms with Crippen molar-refractivity contribution in [2.24, 2.45) is 5.92 Å². The van der Waals surface area contributed by atoms with Gasteiger partial charge in [-0.3, -0.25) is 4.79 Å². The van der Waals surface area contributed by atoms with Crippen molar-refractivity contribution in [1.82, 2.24) is 10.2 Å². The normalized spacial score (nSPS) is 26.5. The van der Waals surface area contributed by atoms with E-state index >= 15 is 0 Å². The minimum atomic E-state index is 0. The maximum Gasteiger partial charge on any atom is 0.222 e. The molecule has 1 saturated heterocycles. The predicted molar refractivity (Wildman–Crippen MR) is 92.5 cm³/mol. The topological polar surface area (TPSA) is 41.6 Å². The number of amides is 1. The third kappa shape index (κ3) is 6.43. The molecule has 2 fully saturated rings. The fraction of sp³-hybridized carbons (Fsp3) is 0.941. The lowest BCUT2D eigenvalue weighted by Crippen LogP contribution is -2.42. The molecule has 0 aromatic carbocycles. The van der Waals surface area contributed by atoms with Crippen LogP contribution in [0.25, 0.3) is 0 Å². The summed E-state index contributed by atoms with van der Waals surface area (Å²) in [6.07, 6.45) is 9.58. The summed E-state index contributed by atoms with van der Waals surface area (Å²) in [4.78, 5) is 14.1. The van der Waals surface area contributed by atoms with Gasteiger partial charge in [-0.2, -0.15) is 0 Å². The number of rotatable bonds is 6. The maximum absolute atomic E-state index is 12.1. The number of nitrogens with zero attached hydrogens (tertiary/aromatic N) is 1. The molecule has 1 amide bonds. The monoisotopic (exact) mass is 332 g/mol. The Balaban J connectivity index is 0.00000242. The minimum absolute atomic E-state index is 0. The Bertz CT molecular complexity index is 312. The van der Waals surface area contributed by atoms with Crippen molar-refractivity contribution in [3.63, 3.8) is 0 Å². The van der Waals surface area contributed by atoms with Gasteiger partial charge in [0.15, 0.2) is 0 Å². The first kappa shape index (κ1) is 19.7. The van der Waals surface area contributed by atoms with Crippen LogP contribution in [-0.2, 0) is 9.53 Å². The number of likely N-dealkylation sites (tertiary alicyclic amines) is 1. The van der Waals surface area contributed by atoms with Crippen molar-refractivity contribution in [1.29, 1.82) is 0 Å². The van der Waals surface area contributed by atoms with Gasteiger partial charge in [-0.15, -0.1) is 12.4 Å². The van der Waals surface area contributed by atoms with E-state index in [9.17, 15) is 4.79 Å². The first-order valence-electron chi connectivity index (χ1n) is 8.77. The van der Waals surface area contributed by atoms with Gasteiger partial charge in [-0.05, 0) is 64.5 Å². The second-order valence-electron chi connectivity index (χ2n) is 6.81. The molecule has 4 nitrogen and oxygen atoms in total. The van der Waals surface area contributed by atoms with Crippen LogP contribution in [-0.4, -0.2) is 49.7 Å². The van der Waals surface area contributed by atoms with Gasteiger partial charge in [-0.1, -0.05) is 6.92 Å². The molecule has 1 aliphatic heterocycles. The highest BCUT2D eigenvalue weighted by Crippen LogP contribution is 2.28. The van der Waals surface area contributed by atoms with Crippen molar-refractivity contribution < 1.29 is 9.53 Å². The molecule has 2 aliphatic rings. The average molecular weight is 333 g/mol. The summed E-state index contributed by atoms with van der Waals surface area (Å²) in [5, 5.41) is 3.09. The summed E-state index contributed by atoms with van der Waals surface area (Å²) in [6, 6.07) is 0. The van der Waals surface area contributed by atoms with Gasteiger partial charge in [0.25, 0.3) is 0 Å². The highest BCUT2D eigenvalue weighted by atomic mass is 35.5. The van der Waals surface area contributed by atoms with E-state index in [1.165, 1.54) is 25.7 Å². The molecule has 0 spiro atoms. The lowest BCUT2D eigenvalue weighted by atomic mass is 9.88. The zero-order valence-electron chi connectivity index (χ0n) is 14.2. The van der Waals surface area contributed by atoms with Gasteiger partial charge in [0.05, 0.1) is 12.2 Å². The van der Waals surface area contributed by atoms with Crippen LogP contribution in [0, 0.1) is 5.92 Å². The maximum atomic E-state index is 12.1. The number of carbonyl (C=O) groups is 1. The van der Waals surface area contributed by atoms with Crippen molar-refractivity contribution in [2.75, 3.05) is 26.7 Å². The van der Waals surface area contributed by atoms with Crippen molar-refractivity contribution in [3.8, 4) is 0 Å².